The molecule has 5 heteroatoms. The second kappa shape index (κ2) is 6.39. The van der Waals surface area contributed by atoms with Gasteiger partial charge in [-0.1, -0.05) is 6.07 Å². The minimum absolute atomic E-state index is 0.131. The fraction of sp³-hybridized carbons (Fsp3) is 0.500. The molecule has 0 saturated carbocycles. The topological polar surface area (TPSA) is 41.6 Å². The Kier molecular flexibility index (Phi) is 4.82. The lowest BCUT2D eigenvalue weighted by Crippen LogP contribution is -2.33. The molecule has 1 aliphatic rings. The summed E-state index contributed by atoms with van der Waals surface area (Å²) in [5, 5.41) is 3.22. The zero-order chi connectivity index (χ0) is 13.8. The molecule has 0 aliphatic carbocycles. The molecular formula is C14H19BrN2O2. The largest absolute Gasteiger partial charge is 0.496 e. The van der Waals surface area contributed by atoms with Crippen LogP contribution in [-0.2, 0) is 11.3 Å². The number of nitrogens with zero attached hydrogens (tertiary/aromatic N) is 1. The molecule has 0 radical (unpaired) electrons. The van der Waals surface area contributed by atoms with Crippen molar-refractivity contribution in [2.45, 2.75) is 13.0 Å². The molecule has 1 saturated heterocycles. The Morgan fingerprint density at radius 1 is 1.58 bits per heavy atom. The van der Waals surface area contributed by atoms with Crippen LogP contribution in [-0.4, -0.2) is 38.1 Å². The maximum atomic E-state index is 12.2. The van der Waals surface area contributed by atoms with Crippen LogP contribution in [0.1, 0.15) is 12.0 Å². The van der Waals surface area contributed by atoms with E-state index < -0.39 is 0 Å². The Hall–Kier alpha value is -1.07. The van der Waals surface area contributed by atoms with Gasteiger partial charge < -0.3 is 15.0 Å². The van der Waals surface area contributed by atoms with Crippen molar-refractivity contribution in [3.05, 3.63) is 28.2 Å². The number of nitrogens with one attached hydrogen (secondary N) is 1. The highest BCUT2D eigenvalue weighted by atomic mass is 79.9. The zero-order valence-corrected chi connectivity index (χ0v) is 12.9. The standard InChI is InChI=1S/C14H19BrN2O2/c1-17(14(18)11-5-6-16-8-11)9-10-3-4-13(19-2)12(15)7-10/h3-4,7,11,16H,5-6,8-9H2,1-2H3. The van der Waals surface area contributed by atoms with E-state index in [1.807, 2.05) is 25.2 Å². The Morgan fingerprint density at radius 2 is 2.37 bits per heavy atom. The van der Waals surface area contributed by atoms with Gasteiger partial charge in [0.25, 0.3) is 0 Å². The molecule has 1 aromatic rings. The summed E-state index contributed by atoms with van der Waals surface area (Å²) in [6, 6.07) is 5.89. The number of rotatable bonds is 4. The summed E-state index contributed by atoms with van der Waals surface area (Å²) in [6.07, 6.45) is 0.940. The van der Waals surface area contributed by atoms with Crippen LogP contribution in [0.15, 0.2) is 22.7 Å². The van der Waals surface area contributed by atoms with Gasteiger partial charge in [0.1, 0.15) is 5.75 Å². The van der Waals surface area contributed by atoms with Gasteiger partial charge in [0.2, 0.25) is 5.91 Å². The van der Waals surface area contributed by atoms with Crippen LogP contribution >= 0.6 is 15.9 Å². The third kappa shape index (κ3) is 3.48. The van der Waals surface area contributed by atoms with E-state index in [0.717, 1.165) is 35.3 Å². The second-order valence-electron chi connectivity index (χ2n) is 4.85. The first kappa shape index (κ1) is 14.3. The average Bonchev–Trinajstić information content (AvgIpc) is 2.92. The number of methoxy groups -OCH3 is 1. The number of amides is 1. The number of hydrogen-bond donors (Lipinski definition) is 1. The highest BCUT2D eigenvalue weighted by Gasteiger charge is 2.25. The third-order valence-electron chi connectivity index (χ3n) is 3.42. The summed E-state index contributed by atoms with van der Waals surface area (Å²) in [5.41, 5.74) is 1.09. The van der Waals surface area contributed by atoms with Crippen LogP contribution in [0.4, 0.5) is 0 Å². The van der Waals surface area contributed by atoms with Crippen molar-refractivity contribution in [2.24, 2.45) is 5.92 Å². The zero-order valence-electron chi connectivity index (χ0n) is 11.3. The Balaban J connectivity index is 1.99. The van der Waals surface area contributed by atoms with Gasteiger partial charge in [-0.25, -0.2) is 0 Å². The first-order valence-corrected chi connectivity index (χ1v) is 7.19. The van der Waals surface area contributed by atoms with Crippen molar-refractivity contribution in [2.75, 3.05) is 27.2 Å². The fourth-order valence-corrected chi connectivity index (χ4v) is 2.93. The monoisotopic (exact) mass is 326 g/mol. The first-order chi connectivity index (χ1) is 9.11. The van der Waals surface area contributed by atoms with Crippen LogP contribution in [0.25, 0.3) is 0 Å². The molecule has 1 aromatic carbocycles. The predicted molar refractivity (Wildman–Crippen MR) is 78.1 cm³/mol. The van der Waals surface area contributed by atoms with Crippen LogP contribution in [0.2, 0.25) is 0 Å². The number of carbonyl (C=O) groups excluding carboxylic acids is 1. The number of hydrogen-bond acceptors (Lipinski definition) is 3. The van der Waals surface area contributed by atoms with E-state index in [0.29, 0.717) is 6.54 Å². The van der Waals surface area contributed by atoms with Crippen molar-refractivity contribution in [1.82, 2.24) is 10.2 Å². The van der Waals surface area contributed by atoms with Crippen molar-refractivity contribution >= 4 is 21.8 Å². The number of ether oxygens (including phenoxy) is 1. The summed E-state index contributed by atoms with van der Waals surface area (Å²) >= 11 is 3.46. The molecule has 1 aliphatic heterocycles. The van der Waals surface area contributed by atoms with Crippen molar-refractivity contribution in [3.8, 4) is 5.75 Å². The van der Waals surface area contributed by atoms with Crippen LogP contribution in [0, 0.1) is 5.92 Å². The van der Waals surface area contributed by atoms with Crippen molar-refractivity contribution in [3.63, 3.8) is 0 Å². The van der Waals surface area contributed by atoms with Gasteiger partial charge >= 0.3 is 0 Å². The van der Waals surface area contributed by atoms with Gasteiger partial charge in [-0.05, 0) is 46.6 Å². The highest BCUT2D eigenvalue weighted by molar-refractivity contribution is 9.10. The molecule has 2 rings (SSSR count). The fourth-order valence-electron chi connectivity index (χ4n) is 2.34. The SMILES string of the molecule is COc1ccc(CN(C)C(=O)C2CCNC2)cc1Br. The van der Waals surface area contributed by atoms with E-state index in [9.17, 15) is 4.79 Å². The van der Waals surface area contributed by atoms with E-state index in [1.54, 1.807) is 12.0 Å². The molecule has 1 unspecified atom stereocenters. The maximum absolute atomic E-state index is 12.2. The smallest absolute Gasteiger partial charge is 0.227 e. The lowest BCUT2D eigenvalue weighted by Gasteiger charge is -2.21. The predicted octanol–water partition coefficient (Wildman–Crippen LogP) is 2.03. The Morgan fingerprint density at radius 3 is 2.95 bits per heavy atom. The number of carbonyl (C=O) groups is 1. The van der Waals surface area contributed by atoms with Gasteiger partial charge in [0.05, 0.1) is 17.5 Å². The van der Waals surface area contributed by atoms with Gasteiger partial charge in [-0.2, -0.15) is 0 Å². The minimum atomic E-state index is 0.131. The normalized spacial score (nSPS) is 18.4. The molecule has 1 N–H and O–H groups in total. The van der Waals surface area contributed by atoms with Crippen LogP contribution in [0.5, 0.6) is 5.75 Å². The number of benzene rings is 1. The summed E-state index contributed by atoms with van der Waals surface area (Å²) in [7, 11) is 3.50. The van der Waals surface area contributed by atoms with Crippen molar-refractivity contribution in [1.29, 1.82) is 0 Å². The maximum Gasteiger partial charge on any atom is 0.227 e. The van der Waals surface area contributed by atoms with Gasteiger partial charge in [0, 0.05) is 20.1 Å². The summed E-state index contributed by atoms with van der Waals surface area (Å²) < 4.78 is 6.11. The summed E-state index contributed by atoms with van der Waals surface area (Å²) in [5.74, 6) is 1.15. The van der Waals surface area contributed by atoms with E-state index in [2.05, 4.69) is 21.2 Å². The molecule has 1 atom stereocenters. The minimum Gasteiger partial charge on any atom is -0.496 e. The van der Waals surface area contributed by atoms with E-state index in [4.69, 9.17) is 4.74 Å². The molecule has 19 heavy (non-hydrogen) atoms. The molecule has 0 spiro atoms. The summed E-state index contributed by atoms with van der Waals surface area (Å²) in [4.78, 5) is 14.0. The first-order valence-electron chi connectivity index (χ1n) is 6.40. The molecule has 1 heterocycles. The van der Waals surface area contributed by atoms with E-state index >= 15 is 0 Å². The van der Waals surface area contributed by atoms with Gasteiger partial charge in [-0.3, -0.25) is 4.79 Å². The van der Waals surface area contributed by atoms with Crippen LogP contribution in [0.3, 0.4) is 0 Å². The third-order valence-corrected chi connectivity index (χ3v) is 4.04. The molecule has 0 bridgehead atoms. The number of halogens is 1. The second-order valence-corrected chi connectivity index (χ2v) is 5.71. The molecule has 104 valence electrons. The van der Waals surface area contributed by atoms with Gasteiger partial charge in [0.15, 0.2) is 0 Å². The molecule has 1 fully saturated rings. The van der Waals surface area contributed by atoms with Gasteiger partial charge in [-0.15, -0.1) is 0 Å². The summed E-state index contributed by atoms with van der Waals surface area (Å²) in [6.45, 7) is 2.37. The molecule has 4 nitrogen and oxygen atoms in total. The lowest BCUT2D eigenvalue weighted by molar-refractivity contribution is -0.134. The Labute approximate surface area is 122 Å². The van der Waals surface area contributed by atoms with E-state index in [1.165, 1.54) is 0 Å². The highest BCUT2D eigenvalue weighted by Crippen LogP contribution is 2.26. The van der Waals surface area contributed by atoms with E-state index in [-0.39, 0.29) is 11.8 Å². The molecular weight excluding hydrogens is 308 g/mol. The Bertz CT molecular complexity index is 459. The van der Waals surface area contributed by atoms with Crippen molar-refractivity contribution < 1.29 is 9.53 Å². The molecule has 1 amide bonds. The molecule has 0 aromatic heterocycles. The van der Waals surface area contributed by atoms with Crippen LogP contribution < -0.4 is 10.1 Å². The lowest BCUT2D eigenvalue weighted by atomic mass is 10.1. The average molecular weight is 327 g/mol. The quantitative estimate of drug-likeness (QED) is 0.920.